The highest BCUT2D eigenvalue weighted by Crippen LogP contribution is 2.29. The van der Waals surface area contributed by atoms with Crippen molar-refractivity contribution in [2.24, 2.45) is 0 Å². The molecule has 0 bridgehead atoms. The molecule has 0 spiro atoms. The van der Waals surface area contributed by atoms with Crippen LogP contribution < -0.4 is 9.80 Å². The van der Waals surface area contributed by atoms with Gasteiger partial charge in [0.05, 0.1) is 47.4 Å². The van der Waals surface area contributed by atoms with Gasteiger partial charge in [-0.3, -0.25) is 29.0 Å². The average Bonchev–Trinajstić information content (AvgIpc) is 3.37. The van der Waals surface area contributed by atoms with Crippen LogP contribution in [-0.4, -0.2) is 93.8 Å². The first-order chi connectivity index (χ1) is 18.2. The van der Waals surface area contributed by atoms with Gasteiger partial charge >= 0.3 is 11.9 Å². The molecule has 12 nitrogen and oxygen atoms in total. The van der Waals surface area contributed by atoms with Crippen molar-refractivity contribution in [1.82, 2.24) is 9.80 Å². The summed E-state index contributed by atoms with van der Waals surface area (Å²) in [4.78, 5) is 79.7. The number of carbonyl (C=O) groups is 6. The van der Waals surface area contributed by atoms with Gasteiger partial charge in [0, 0.05) is 26.2 Å². The number of hydrogen-bond acceptors (Lipinski definition) is 8. The molecule has 4 amide bonds. The second-order valence-electron chi connectivity index (χ2n) is 9.35. The summed E-state index contributed by atoms with van der Waals surface area (Å²) in [5, 5.41) is 18.1. The minimum absolute atomic E-state index is 0.000473. The van der Waals surface area contributed by atoms with Crippen LogP contribution in [0.25, 0.3) is 0 Å². The van der Waals surface area contributed by atoms with Gasteiger partial charge in [0.2, 0.25) is 11.8 Å². The molecule has 196 valence electrons. The number of piperazine rings is 1. The van der Waals surface area contributed by atoms with Crippen LogP contribution in [0.2, 0.25) is 0 Å². The Morgan fingerprint density at radius 1 is 0.579 bits per heavy atom. The van der Waals surface area contributed by atoms with E-state index in [0.717, 1.165) is 9.80 Å². The number of anilines is 2. The van der Waals surface area contributed by atoms with E-state index in [1.54, 1.807) is 0 Å². The van der Waals surface area contributed by atoms with Gasteiger partial charge in [0.1, 0.15) is 0 Å². The molecule has 2 aromatic rings. The normalized spacial score (nSPS) is 22.9. The lowest BCUT2D eigenvalue weighted by atomic mass is 10.1. The van der Waals surface area contributed by atoms with Crippen LogP contribution in [-0.2, 0) is 19.2 Å². The molecule has 2 atom stereocenters. The molecule has 3 heterocycles. The minimum atomic E-state index is -1.10. The molecule has 12 heteroatoms. The molecule has 3 aliphatic heterocycles. The van der Waals surface area contributed by atoms with Gasteiger partial charge < -0.3 is 10.2 Å². The fraction of sp³-hybridized carbons (Fsp3) is 0.308. The second kappa shape index (κ2) is 9.80. The van der Waals surface area contributed by atoms with Crippen molar-refractivity contribution in [3.63, 3.8) is 0 Å². The summed E-state index contributed by atoms with van der Waals surface area (Å²) in [6.07, 6.45) is 0.000945. The Bertz CT molecular complexity index is 1230. The topological polar surface area (TPSA) is 156 Å². The van der Waals surface area contributed by atoms with Gasteiger partial charge in [-0.25, -0.2) is 19.4 Å². The highest BCUT2D eigenvalue weighted by molar-refractivity contribution is 6.23. The molecule has 2 aromatic carbocycles. The second-order valence-corrected chi connectivity index (χ2v) is 9.35. The molecular formula is C26H24N4O8. The van der Waals surface area contributed by atoms with Crippen molar-refractivity contribution in [2.75, 3.05) is 36.0 Å². The molecule has 0 unspecified atom stereocenters. The van der Waals surface area contributed by atoms with E-state index in [1.807, 2.05) is 9.80 Å². The molecule has 3 fully saturated rings. The average molecular weight is 520 g/mol. The van der Waals surface area contributed by atoms with Gasteiger partial charge in [-0.1, -0.05) is 0 Å². The Morgan fingerprint density at radius 2 is 0.895 bits per heavy atom. The van der Waals surface area contributed by atoms with E-state index in [0.29, 0.717) is 37.6 Å². The maximum Gasteiger partial charge on any atom is 0.335 e. The number of carboxylic acid groups (broad SMARTS) is 2. The largest absolute Gasteiger partial charge is 0.478 e. The molecule has 2 N–H and O–H groups in total. The number of carbonyl (C=O) groups excluding carboxylic acids is 4. The third-order valence-electron chi connectivity index (χ3n) is 7.22. The van der Waals surface area contributed by atoms with E-state index >= 15 is 0 Å². The van der Waals surface area contributed by atoms with Crippen LogP contribution in [0.3, 0.4) is 0 Å². The molecule has 38 heavy (non-hydrogen) atoms. The summed E-state index contributed by atoms with van der Waals surface area (Å²) < 4.78 is 0. The lowest BCUT2D eigenvalue weighted by Crippen LogP contribution is -2.56. The summed E-state index contributed by atoms with van der Waals surface area (Å²) >= 11 is 0. The van der Waals surface area contributed by atoms with E-state index in [1.165, 1.54) is 48.5 Å². The van der Waals surface area contributed by atoms with E-state index in [-0.39, 0.29) is 47.6 Å². The van der Waals surface area contributed by atoms with E-state index < -0.39 is 24.0 Å². The van der Waals surface area contributed by atoms with Crippen molar-refractivity contribution in [3.8, 4) is 0 Å². The van der Waals surface area contributed by atoms with Crippen LogP contribution in [0.4, 0.5) is 11.4 Å². The summed E-state index contributed by atoms with van der Waals surface area (Å²) in [7, 11) is 0. The number of aromatic carboxylic acids is 2. The lowest BCUT2D eigenvalue weighted by Gasteiger charge is -2.38. The van der Waals surface area contributed by atoms with Gasteiger partial charge in [-0.05, 0) is 48.5 Å². The van der Waals surface area contributed by atoms with Crippen molar-refractivity contribution in [2.45, 2.75) is 24.9 Å². The monoisotopic (exact) mass is 520 g/mol. The maximum absolute atomic E-state index is 13.1. The first-order valence-electron chi connectivity index (χ1n) is 12.0. The zero-order chi connectivity index (χ0) is 27.1. The number of benzene rings is 2. The van der Waals surface area contributed by atoms with Crippen molar-refractivity contribution < 1.29 is 39.0 Å². The third kappa shape index (κ3) is 4.44. The smallest absolute Gasteiger partial charge is 0.335 e. The molecule has 0 aliphatic carbocycles. The Balaban J connectivity index is 1.22. The number of hydrogen-bond donors (Lipinski definition) is 2. The van der Waals surface area contributed by atoms with Gasteiger partial charge in [-0.15, -0.1) is 0 Å². The quantitative estimate of drug-likeness (QED) is 0.519. The van der Waals surface area contributed by atoms with Crippen LogP contribution in [0.15, 0.2) is 48.5 Å². The molecule has 0 radical (unpaired) electrons. The SMILES string of the molecule is O=C(O)c1ccc(N2C(=O)C[C@@H](N3CCN([C@H]4CC(=O)N(c5ccc(C(=O)O)cc5)C4=O)CC3)C2=O)cc1. The highest BCUT2D eigenvalue weighted by Gasteiger charge is 2.46. The summed E-state index contributed by atoms with van der Waals surface area (Å²) in [5.41, 5.74) is 0.739. The van der Waals surface area contributed by atoms with E-state index in [2.05, 4.69) is 0 Å². The standard InChI is InChI=1S/C26H24N4O8/c31-21-13-19(23(33)29(21)17-5-1-15(2-6-17)25(35)36)27-9-11-28(12-10-27)20-14-22(32)30(24(20)34)18-7-3-16(4-8-18)26(37)38/h1-8,19-20H,9-14H2,(H,35,36)(H,37,38)/t19-,20+. The van der Waals surface area contributed by atoms with Crippen LogP contribution in [0.1, 0.15) is 33.6 Å². The Hall–Kier alpha value is -4.42. The number of amides is 4. The van der Waals surface area contributed by atoms with Gasteiger partial charge in [0.25, 0.3) is 11.8 Å². The number of rotatable bonds is 6. The van der Waals surface area contributed by atoms with E-state index in [9.17, 15) is 28.8 Å². The molecular weight excluding hydrogens is 496 g/mol. The summed E-state index contributed by atoms with van der Waals surface area (Å²) in [6.45, 7) is 1.67. The van der Waals surface area contributed by atoms with Crippen LogP contribution >= 0.6 is 0 Å². The first kappa shape index (κ1) is 25.2. The third-order valence-corrected chi connectivity index (χ3v) is 7.22. The highest BCUT2D eigenvalue weighted by atomic mass is 16.4. The van der Waals surface area contributed by atoms with Gasteiger partial charge in [-0.2, -0.15) is 0 Å². The first-order valence-corrected chi connectivity index (χ1v) is 12.0. The zero-order valence-electron chi connectivity index (χ0n) is 20.1. The molecule has 3 saturated heterocycles. The van der Waals surface area contributed by atoms with E-state index in [4.69, 9.17) is 10.2 Å². The minimum Gasteiger partial charge on any atom is -0.478 e. The fourth-order valence-electron chi connectivity index (χ4n) is 5.21. The number of carboxylic acids is 2. The van der Waals surface area contributed by atoms with Crippen molar-refractivity contribution >= 4 is 46.9 Å². The van der Waals surface area contributed by atoms with Crippen LogP contribution in [0.5, 0.6) is 0 Å². The predicted molar refractivity (Wildman–Crippen MR) is 132 cm³/mol. The molecule has 0 aromatic heterocycles. The Morgan fingerprint density at radius 3 is 1.18 bits per heavy atom. The zero-order valence-corrected chi connectivity index (χ0v) is 20.1. The number of imide groups is 2. The summed E-state index contributed by atoms with van der Waals surface area (Å²) in [6, 6.07) is 9.78. The number of nitrogens with zero attached hydrogens (tertiary/aromatic N) is 4. The van der Waals surface area contributed by atoms with Crippen molar-refractivity contribution in [3.05, 3.63) is 59.7 Å². The Labute approximate surface area is 216 Å². The maximum atomic E-state index is 13.1. The molecule has 0 saturated carbocycles. The van der Waals surface area contributed by atoms with Crippen LogP contribution in [0, 0.1) is 0 Å². The Kier molecular flexibility index (Phi) is 6.51. The van der Waals surface area contributed by atoms with Gasteiger partial charge in [0.15, 0.2) is 0 Å². The summed E-state index contributed by atoms with van der Waals surface area (Å²) in [5.74, 6) is -3.71. The van der Waals surface area contributed by atoms with Crippen molar-refractivity contribution in [1.29, 1.82) is 0 Å². The predicted octanol–water partition coefficient (Wildman–Crippen LogP) is 0.665. The lowest BCUT2D eigenvalue weighted by molar-refractivity contribution is -0.126. The fourth-order valence-corrected chi connectivity index (χ4v) is 5.21. The molecule has 3 aliphatic rings. The molecule has 5 rings (SSSR count).